The normalized spacial score (nSPS) is 13.1. The first kappa shape index (κ1) is 13.1. The van der Waals surface area contributed by atoms with Gasteiger partial charge in [-0.2, -0.15) is 0 Å². The Morgan fingerprint density at radius 1 is 1.31 bits per heavy atom. The molecule has 16 heavy (non-hydrogen) atoms. The van der Waals surface area contributed by atoms with E-state index in [1.807, 2.05) is 12.1 Å². The SMILES string of the molecule is CCN(C)CC(C)NCc1ccc(F)cc1. The second-order valence-corrected chi connectivity index (χ2v) is 4.26. The maximum absolute atomic E-state index is 12.7. The molecule has 0 spiro atoms. The Bertz CT molecular complexity index is 297. The Morgan fingerprint density at radius 3 is 2.50 bits per heavy atom. The van der Waals surface area contributed by atoms with Crippen LogP contribution in [0, 0.1) is 5.82 Å². The molecular formula is C13H21FN2. The molecule has 1 N–H and O–H groups in total. The summed E-state index contributed by atoms with van der Waals surface area (Å²) in [7, 11) is 2.11. The number of benzene rings is 1. The summed E-state index contributed by atoms with van der Waals surface area (Å²) in [5, 5.41) is 3.42. The quantitative estimate of drug-likeness (QED) is 0.797. The lowest BCUT2D eigenvalue weighted by Gasteiger charge is -2.20. The molecule has 0 radical (unpaired) electrons. The highest BCUT2D eigenvalue weighted by atomic mass is 19.1. The zero-order valence-corrected chi connectivity index (χ0v) is 10.3. The molecule has 1 aromatic carbocycles. The van der Waals surface area contributed by atoms with Crippen LogP contribution in [0.15, 0.2) is 24.3 Å². The maximum Gasteiger partial charge on any atom is 0.123 e. The van der Waals surface area contributed by atoms with Gasteiger partial charge in [0.25, 0.3) is 0 Å². The van der Waals surface area contributed by atoms with Crippen LogP contribution < -0.4 is 5.32 Å². The summed E-state index contributed by atoms with van der Waals surface area (Å²) in [6, 6.07) is 7.08. The zero-order chi connectivity index (χ0) is 12.0. The standard InChI is InChI=1S/C13H21FN2/c1-4-16(3)10-11(2)15-9-12-5-7-13(14)8-6-12/h5-8,11,15H,4,9-10H2,1-3H3. The van der Waals surface area contributed by atoms with Gasteiger partial charge in [-0.3, -0.25) is 0 Å². The molecule has 0 saturated carbocycles. The van der Waals surface area contributed by atoms with Crippen LogP contribution in [-0.4, -0.2) is 31.1 Å². The third-order valence-corrected chi connectivity index (χ3v) is 2.69. The molecule has 0 aliphatic heterocycles. The van der Waals surface area contributed by atoms with Crippen molar-refractivity contribution in [2.24, 2.45) is 0 Å². The van der Waals surface area contributed by atoms with Crippen molar-refractivity contribution in [2.45, 2.75) is 26.4 Å². The number of nitrogens with zero attached hydrogens (tertiary/aromatic N) is 1. The second-order valence-electron chi connectivity index (χ2n) is 4.26. The summed E-state index contributed by atoms with van der Waals surface area (Å²) in [6.45, 7) is 7.18. The predicted molar refractivity (Wildman–Crippen MR) is 65.9 cm³/mol. The number of hydrogen-bond acceptors (Lipinski definition) is 2. The fourth-order valence-corrected chi connectivity index (χ4v) is 1.56. The van der Waals surface area contributed by atoms with Crippen molar-refractivity contribution in [3.63, 3.8) is 0 Å². The van der Waals surface area contributed by atoms with E-state index in [1.54, 1.807) is 0 Å². The third kappa shape index (κ3) is 4.73. The first-order chi connectivity index (χ1) is 7.61. The van der Waals surface area contributed by atoms with Gasteiger partial charge in [-0.05, 0) is 38.2 Å². The lowest BCUT2D eigenvalue weighted by Crippen LogP contribution is -2.36. The Labute approximate surface area is 97.5 Å². The molecular weight excluding hydrogens is 203 g/mol. The number of halogens is 1. The third-order valence-electron chi connectivity index (χ3n) is 2.69. The van der Waals surface area contributed by atoms with Crippen LogP contribution in [0.2, 0.25) is 0 Å². The summed E-state index contributed by atoms with van der Waals surface area (Å²) in [4.78, 5) is 2.27. The maximum atomic E-state index is 12.7. The van der Waals surface area contributed by atoms with E-state index in [9.17, 15) is 4.39 Å². The van der Waals surface area contributed by atoms with Gasteiger partial charge >= 0.3 is 0 Å². The van der Waals surface area contributed by atoms with Crippen molar-refractivity contribution < 1.29 is 4.39 Å². The van der Waals surface area contributed by atoms with Crippen molar-refractivity contribution in [1.29, 1.82) is 0 Å². The van der Waals surface area contributed by atoms with E-state index < -0.39 is 0 Å². The number of hydrogen-bond donors (Lipinski definition) is 1. The summed E-state index contributed by atoms with van der Waals surface area (Å²) in [5.41, 5.74) is 1.12. The second kappa shape index (κ2) is 6.61. The summed E-state index contributed by atoms with van der Waals surface area (Å²) in [5.74, 6) is -0.178. The lowest BCUT2D eigenvalue weighted by molar-refractivity contribution is 0.309. The molecule has 1 unspecified atom stereocenters. The van der Waals surface area contributed by atoms with Gasteiger partial charge in [0.05, 0.1) is 0 Å². The van der Waals surface area contributed by atoms with Crippen LogP contribution >= 0.6 is 0 Å². The highest BCUT2D eigenvalue weighted by Crippen LogP contribution is 2.02. The Hall–Kier alpha value is -0.930. The van der Waals surface area contributed by atoms with Gasteiger partial charge in [-0.15, -0.1) is 0 Å². The van der Waals surface area contributed by atoms with Crippen molar-refractivity contribution in [1.82, 2.24) is 10.2 Å². The molecule has 2 nitrogen and oxygen atoms in total. The molecule has 0 aliphatic carbocycles. The van der Waals surface area contributed by atoms with Crippen LogP contribution in [0.5, 0.6) is 0 Å². The minimum absolute atomic E-state index is 0.178. The highest BCUT2D eigenvalue weighted by Gasteiger charge is 2.04. The fraction of sp³-hybridized carbons (Fsp3) is 0.538. The molecule has 1 atom stereocenters. The van der Waals surface area contributed by atoms with Gasteiger partial charge in [-0.1, -0.05) is 19.1 Å². The first-order valence-electron chi connectivity index (χ1n) is 5.78. The van der Waals surface area contributed by atoms with Crippen LogP contribution in [-0.2, 0) is 6.54 Å². The predicted octanol–water partition coefficient (Wildman–Crippen LogP) is 2.26. The molecule has 0 aliphatic rings. The molecule has 0 aromatic heterocycles. The summed E-state index contributed by atoms with van der Waals surface area (Å²) < 4.78 is 12.7. The number of likely N-dealkylation sites (N-methyl/N-ethyl adjacent to an activating group) is 1. The van der Waals surface area contributed by atoms with Gasteiger partial charge in [0.1, 0.15) is 5.82 Å². The van der Waals surface area contributed by atoms with Crippen molar-refractivity contribution >= 4 is 0 Å². The minimum atomic E-state index is -0.178. The van der Waals surface area contributed by atoms with Crippen molar-refractivity contribution in [3.8, 4) is 0 Å². The van der Waals surface area contributed by atoms with Crippen LogP contribution in [0.25, 0.3) is 0 Å². The van der Waals surface area contributed by atoms with Crippen LogP contribution in [0.1, 0.15) is 19.4 Å². The molecule has 0 bridgehead atoms. The number of nitrogens with one attached hydrogen (secondary N) is 1. The van der Waals surface area contributed by atoms with E-state index in [2.05, 4.69) is 31.1 Å². The average Bonchev–Trinajstić information content (AvgIpc) is 2.28. The van der Waals surface area contributed by atoms with E-state index in [4.69, 9.17) is 0 Å². The summed E-state index contributed by atoms with van der Waals surface area (Å²) in [6.07, 6.45) is 0. The first-order valence-corrected chi connectivity index (χ1v) is 5.78. The van der Waals surface area contributed by atoms with E-state index in [0.29, 0.717) is 6.04 Å². The van der Waals surface area contributed by atoms with E-state index >= 15 is 0 Å². The average molecular weight is 224 g/mol. The zero-order valence-electron chi connectivity index (χ0n) is 10.3. The lowest BCUT2D eigenvalue weighted by atomic mass is 10.2. The largest absolute Gasteiger partial charge is 0.309 e. The van der Waals surface area contributed by atoms with E-state index in [0.717, 1.165) is 25.2 Å². The van der Waals surface area contributed by atoms with Gasteiger partial charge < -0.3 is 10.2 Å². The number of rotatable bonds is 6. The van der Waals surface area contributed by atoms with E-state index in [-0.39, 0.29) is 5.82 Å². The van der Waals surface area contributed by atoms with Gasteiger partial charge in [0.15, 0.2) is 0 Å². The van der Waals surface area contributed by atoms with Crippen molar-refractivity contribution in [2.75, 3.05) is 20.1 Å². The molecule has 90 valence electrons. The molecule has 1 rings (SSSR count). The fourth-order valence-electron chi connectivity index (χ4n) is 1.56. The van der Waals surface area contributed by atoms with Crippen LogP contribution in [0.3, 0.4) is 0 Å². The van der Waals surface area contributed by atoms with Gasteiger partial charge in [-0.25, -0.2) is 4.39 Å². The monoisotopic (exact) mass is 224 g/mol. The van der Waals surface area contributed by atoms with Gasteiger partial charge in [0, 0.05) is 19.1 Å². The Morgan fingerprint density at radius 2 is 1.94 bits per heavy atom. The molecule has 0 saturated heterocycles. The van der Waals surface area contributed by atoms with E-state index in [1.165, 1.54) is 12.1 Å². The van der Waals surface area contributed by atoms with Gasteiger partial charge in [0.2, 0.25) is 0 Å². The smallest absolute Gasteiger partial charge is 0.123 e. The Balaban J connectivity index is 2.31. The molecule has 0 fully saturated rings. The molecule has 0 amide bonds. The van der Waals surface area contributed by atoms with Crippen molar-refractivity contribution in [3.05, 3.63) is 35.6 Å². The van der Waals surface area contributed by atoms with Crippen LogP contribution in [0.4, 0.5) is 4.39 Å². The molecule has 1 aromatic rings. The summed E-state index contributed by atoms with van der Waals surface area (Å²) >= 11 is 0. The minimum Gasteiger partial charge on any atom is -0.309 e. The molecule has 0 heterocycles. The Kier molecular flexibility index (Phi) is 5.43. The highest BCUT2D eigenvalue weighted by molar-refractivity contribution is 5.15. The molecule has 3 heteroatoms. The topological polar surface area (TPSA) is 15.3 Å².